The lowest BCUT2D eigenvalue weighted by molar-refractivity contribution is -0.126. The monoisotopic (exact) mass is 326 g/mol. The van der Waals surface area contributed by atoms with Crippen LogP contribution in [0.2, 0.25) is 0 Å². The smallest absolute Gasteiger partial charge is 0.223 e. The van der Waals surface area contributed by atoms with Crippen LogP contribution in [0.1, 0.15) is 12.8 Å². The maximum atomic E-state index is 12.0. The lowest BCUT2D eigenvalue weighted by Crippen LogP contribution is -2.43. The van der Waals surface area contributed by atoms with Crippen LogP contribution < -0.4 is 10.1 Å². The summed E-state index contributed by atoms with van der Waals surface area (Å²) < 4.78 is 29.8. The molecule has 1 fully saturated rings. The highest BCUT2D eigenvalue weighted by Crippen LogP contribution is 2.19. The summed E-state index contributed by atoms with van der Waals surface area (Å²) in [5.41, 5.74) is 0. The number of rotatable bonds is 6. The Morgan fingerprint density at radius 2 is 1.91 bits per heavy atom. The van der Waals surface area contributed by atoms with E-state index in [1.807, 2.05) is 30.3 Å². The van der Waals surface area contributed by atoms with Gasteiger partial charge in [0.05, 0.1) is 12.8 Å². The number of para-hydroxylation sites is 1. The maximum Gasteiger partial charge on any atom is 0.223 e. The molecular weight excluding hydrogens is 304 g/mol. The fourth-order valence-electron chi connectivity index (χ4n) is 2.45. The zero-order chi connectivity index (χ0) is 16.0. The van der Waals surface area contributed by atoms with Crippen LogP contribution in [0, 0.1) is 5.92 Å². The molecule has 122 valence electrons. The molecule has 1 heterocycles. The van der Waals surface area contributed by atoms with Crippen LogP contribution in [0.15, 0.2) is 30.3 Å². The van der Waals surface area contributed by atoms with E-state index in [1.165, 1.54) is 10.6 Å². The quantitative estimate of drug-likeness (QED) is 0.787. The van der Waals surface area contributed by atoms with Gasteiger partial charge >= 0.3 is 0 Å². The summed E-state index contributed by atoms with van der Waals surface area (Å²) in [6, 6.07) is 9.43. The number of nitrogens with zero attached hydrogens (tertiary/aromatic N) is 1. The Morgan fingerprint density at radius 1 is 1.27 bits per heavy atom. The van der Waals surface area contributed by atoms with Crippen molar-refractivity contribution in [3.05, 3.63) is 30.3 Å². The zero-order valence-electron chi connectivity index (χ0n) is 12.7. The normalized spacial score (nSPS) is 17.1. The molecule has 1 N–H and O–H groups in total. The van der Waals surface area contributed by atoms with Gasteiger partial charge in [0.25, 0.3) is 0 Å². The van der Waals surface area contributed by atoms with Gasteiger partial charge in [-0.05, 0) is 25.0 Å². The van der Waals surface area contributed by atoms with Gasteiger partial charge in [0.15, 0.2) is 0 Å². The SMILES string of the molecule is CS(=O)(=O)N1CCC(C(=O)NCCOc2ccccc2)CC1. The summed E-state index contributed by atoms with van der Waals surface area (Å²) in [7, 11) is -3.14. The predicted octanol–water partition coefficient (Wildman–Crippen LogP) is 0.853. The third kappa shape index (κ3) is 4.99. The first-order chi connectivity index (χ1) is 10.5. The van der Waals surface area contributed by atoms with Gasteiger partial charge in [-0.15, -0.1) is 0 Å². The minimum absolute atomic E-state index is 0.0233. The summed E-state index contributed by atoms with van der Waals surface area (Å²) in [6.45, 7) is 1.69. The van der Waals surface area contributed by atoms with Gasteiger partial charge in [-0.3, -0.25) is 4.79 Å². The van der Waals surface area contributed by atoms with Crippen molar-refractivity contribution in [1.29, 1.82) is 0 Å². The minimum Gasteiger partial charge on any atom is -0.492 e. The highest BCUT2D eigenvalue weighted by molar-refractivity contribution is 7.88. The van der Waals surface area contributed by atoms with Crippen molar-refractivity contribution in [3.8, 4) is 5.75 Å². The molecule has 0 unspecified atom stereocenters. The Bertz CT molecular complexity index is 581. The molecule has 7 heteroatoms. The first kappa shape index (κ1) is 16.8. The van der Waals surface area contributed by atoms with Gasteiger partial charge in [-0.25, -0.2) is 12.7 Å². The second-order valence-electron chi connectivity index (χ2n) is 5.39. The van der Waals surface area contributed by atoms with Crippen LogP contribution in [0.5, 0.6) is 5.75 Å². The summed E-state index contributed by atoms with van der Waals surface area (Å²) >= 11 is 0. The van der Waals surface area contributed by atoms with E-state index in [0.717, 1.165) is 5.75 Å². The number of ether oxygens (including phenoxy) is 1. The summed E-state index contributed by atoms with van der Waals surface area (Å²) in [4.78, 5) is 12.0. The third-order valence-electron chi connectivity index (χ3n) is 3.71. The molecule has 1 aliphatic heterocycles. The molecular formula is C15H22N2O4S. The molecule has 0 spiro atoms. The molecule has 1 aliphatic rings. The lowest BCUT2D eigenvalue weighted by Gasteiger charge is -2.29. The molecule has 0 atom stereocenters. The van der Waals surface area contributed by atoms with E-state index in [9.17, 15) is 13.2 Å². The van der Waals surface area contributed by atoms with E-state index in [4.69, 9.17) is 4.74 Å². The van der Waals surface area contributed by atoms with Crippen molar-refractivity contribution >= 4 is 15.9 Å². The van der Waals surface area contributed by atoms with Crippen molar-refractivity contribution in [2.45, 2.75) is 12.8 Å². The Kier molecular flexibility index (Phi) is 5.79. The van der Waals surface area contributed by atoms with E-state index < -0.39 is 10.0 Å². The fourth-order valence-corrected chi connectivity index (χ4v) is 3.33. The average molecular weight is 326 g/mol. The fraction of sp³-hybridized carbons (Fsp3) is 0.533. The van der Waals surface area contributed by atoms with Crippen LogP contribution in [0.25, 0.3) is 0 Å². The number of carbonyl (C=O) groups is 1. The van der Waals surface area contributed by atoms with E-state index in [0.29, 0.717) is 39.1 Å². The first-order valence-corrected chi connectivity index (χ1v) is 9.22. The van der Waals surface area contributed by atoms with Gasteiger partial charge in [-0.2, -0.15) is 0 Å². The summed E-state index contributed by atoms with van der Waals surface area (Å²) in [6.07, 6.45) is 2.34. The number of benzene rings is 1. The summed E-state index contributed by atoms with van der Waals surface area (Å²) in [5, 5.41) is 2.84. The molecule has 1 saturated heterocycles. The number of nitrogens with one attached hydrogen (secondary N) is 1. The second-order valence-corrected chi connectivity index (χ2v) is 7.37. The van der Waals surface area contributed by atoms with Crippen LogP contribution >= 0.6 is 0 Å². The van der Waals surface area contributed by atoms with Crippen molar-refractivity contribution in [2.75, 3.05) is 32.5 Å². The Morgan fingerprint density at radius 3 is 2.50 bits per heavy atom. The molecule has 1 aromatic carbocycles. The van der Waals surface area contributed by atoms with Gasteiger partial charge in [0, 0.05) is 19.0 Å². The number of sulfonamides is 1. The summed E-state index contributed by atoms with van der Waals surface area (Å²) in [5.74, 6) is 0.637. The van der Waals surface area contributed by atoms with E-state index in [-0.39, 0.29) is 11.8 Å². The Balaban J connectivity index is 1.66. The van der Waals surface area contributed by atoms with E-state index >= 15 is 0 Å². The molecule has 1 amide bonds. The molecule has 0 aliphatic carbocycles. The predicted molar refractivity (Wildman–Crippen MR) is 84.1 cm³/mol. The van der Waals surface area contributed by atoms with Crippen LogP contribution in [0.3, 0.4) is 0 Å². The molecule has 0 radical (unpaired) electrons. The topological polar surface area (TPSA) is 75.7 Å². The standard InChI is InChI=1S/C15H22N2O4S/c1-22(19,20)17-10-7-13(8-11-17)15(18)16-9-12-21-14-5-3-2-4-6-14/h2-6,13H,7-12H2,1H3,(H,16,18). The first-order valence-electron chi connectivity index (χ1n) is 7.37. The molecule has 1 aromatic rings. The minimum atomic E-state index is -3.14. The largest absolute Gasteiger partial charge is 0.492 e. The molecule has 6 nitrogen and oxygen atoms in total. The number of carbonyl (C=O) groups excluding carboxylic acids is 1. The van der Waals surface area contributed by atoms with Gasteiger partial charge in [0.2, 0.25) is 15.9 Å². The molecule has 0 bridgehead atoms. The van der Waals surface area contributed by atoms with Gasteiger partial charge in [0.1, 0.15) is 12.4 Å². The number of hydrogen-bond acceptors (Lipinski definition) is 4. The van der Waals surface area contributed by atoms with Crippen LogP contribution in [-0.4, -0.2) is 51.1 Å². The van der Waals surface area contributed by atoms with E-state index in [2.05, 4.69) is 5.32 Å². The Labute approximate surface area is 131 Å². The Hall–Kier alpha value is -1.60. The van der Waals surface area contributed by atoms with Crippen LogP contribution in [-0.2, 0) is 14.8 Å². The molecule has 0 saturated carbocycles. The average Bonchev–Trinajstić information content (AvgIpc) is 2.52. The van der Waals surface area contributed by atoms with Crippen LogP contribution in [0.4, 0.5) is 0 Å². The highest BCUT2D eigenvalue weighted by atomic mass is 32.2. The highest BCUT2D eigenvalue weighted by Gasteiger charge is 2.28. The number of hydrogen-bond donors (Lipinski definition) is 1. The molecule has 2 rings (SSSR count). The van der Waals surface area contributed by atoms with Crippen molar-refractivity contribution in [2.24, 2.45) is 5.92 Å². The zero-order valence-corrected chi connectivity index (χ0v) is 13.5. The van der Waals surface area contributed by atoms with Crippen molar-refractivity contribution in [1.82, 2.24) is 9.62 Å². The number of amides is 1. The van der Waals surface area contributed by atoms with Crippen molar-refractivity contribution < 1.29 is 17.9 Å². The van der Waals surface area contributed by atoms with E-state index in [1.54, 1.807) is 0 Å². The second kappa shape index (κ2) is 7.60. The maximum absolute atomic E-state index is 12.0. The van der Waals surface area contributed by atoms with Gasteiger partial charge in [-0.1, -0.05) is 18.2 Å². The van der Waals surface area contributed by atoms with Crippen molar-refractivity contribution in [3.63, 3.8) is 0 Å². The molecule has 0 aromatic heterocycles. The third-order valence-corrected chi connectivity index (χ3v) is 5.01. The molecule has 22 heavy (non-hydrogen) atoms. The van der Waals surface area contributed by atoms with Gasteiger partial charge < -0.3 is 10.1 Å². The number of piperidine rings is 1. The lowest BCUT2D eigenvalue weighted by atomic mass is 9.97.